The predicted molar refractivity (Wildman–Crippen MR) is 91.6 cm³/mol. The Morgan fingerprint density at radius 2 is 2.18 bits per heavy atom. The molecule has 0 bridgehead atoms. The molecule has 2 aliphatic rings. The van der Waals surface area contributed by atoms with E-state index in [0.717, 1.165) is 32.1 Å². The molecule has 1 fully saturated rings. The summed E-state index contributed by atoms with van der Waals surface area (Å²) in [6.45, 7) is 14.9. The first-order chi connectivity index (χ1) is 10.2. The van der Waals surface area contributed by atoms with Crippen molar-refractivity contribution in [3.05, 3.63) is 36.5 Å². The van der Waals surface area contributed by atoms with E-state index < -0.39 is 5.97 Å². The molecule has 0 spiro atoms. The minimum absolute atomic E-state index is 0.0246. The van der Waals surface area contributed by atoms with Crippen molar-refractivity contribution in [1.29, 1.82) is 0 Å². The summed E-state index contributed by atoms with van der Waals surface area (Å²) in [4.78, 5) is 11.1. The predicted octanol–water partition coefficient (Wildman–Crippen LogP) is 5.37. The van der Waals surface area contributed by atoms with Crippen molar-refractivity contribution in [1.82, 2.24) is 0 Å². The molecule has 2 nitrogen and oxygen atoms in total. The molecule has 2 rings (SSSR count). The maximum atomic E-state index is 11.1. The molecule has 0 aromatic heterocycles. The van der Waals surface area contributed by atoms with Crippen LogP contribution in [0.5, 0.6) is 0 Å². The number of aliphatic carboxylic acids is 1. The van der Waals surface area contributed by atoms with E-state index in [9.17, 15) is 4.79 Å². The van der Waals surface area contributed by atoms with Crippen molar-refractivity contribution >= 4 is 5.97 Å². The van der Waals surface area contributed by atoms with Crippen LogP contribution >= 0.6 is 0 Å². The molecule has 1 saturated carbocycles. The van der Waals surface area contributed by atoms with Crippen LogP contribution in [0.2, 0.25) is 0 Å². The van der Waals surface area contributed by atoms with Crippen molar-refractivity contribution in [2.45, 2.75) is 59.3 Å². The van der Waals surface area contributed by atoms with Crippen LogP contribution in [0.3, 0.4) is 0 Å². The van der Waals surface area contributed by atoms with Gasteiger partial charge in [0.05, 0.1) is 0 Å². The van der Waals surface area contributed by atoms with E-state index in [0.29, 0.717) is 11.8 Å². The SMILES string of the molecule is C=C[C@@]1(C)CC[C@H]2C(=CC[C@@H](C(=C)C)[C@]2(C)CCC(=O)O)C1. The lowest BCUT2D eigenvalue weighted by atomic mass is 9.52. The summed E-state index contributed by atoms with van der Waals surface area (Å²) in [5.74, 6) is 0.202. The van der Waals surface area contributed by atoms with E-state index in [1.165, 1.54) is 11.1 Å². The van der Waals surface area contributed by atoms with Gasteiger partial charge in [0.2, 0.25) is 0 Å². The smallest absolute Gasteiger partial charge is 0.303 e. The first-order valence-electron chi connectivity index (χ1n) is 8.41. The molecule has 0 aromatic rings. The zero-order chi connectivity index (χ0) is 16.5. The lowest BCUT2D eigenvalue weighted by molar-refractivity contribution is -0.138. The molecule has 0 saturated heterocycles. The van der Waals surface area contributed by atoms with E-state index in [4.69, 9.17) is 5.11 Å². The van der Waals surface area contributed by atoms with Gasteiger partial charge in [-0.3, -0.25) is 4.79 Å². The number of hydrogen-bond acceptors (Lipinski definition) is 1. The lowest BCUT2D eigenvalue weighted by Gasteiger charge is -2.52. The highest BCUT2D eigenvalue weighted by molar-refractivity contribution is 5.66. The van der Waals surface area contributed by atoms with E-state index in [1.54, 1.807) is 0 Å². The van der Waals surface area contributed by atoms with Crippen LogP contribution in [0.25, 0.3) is 0 Å². The number of carboxylic acid groups (broad SMARTS) is 1. The topological polar surface area (TPSA) is 37.3 Å². The molecule has 0 aliphatic heterocycles. The fraction of sp³-hybridized carbons (Fsp3) is 0.650. The highest BCUT2D eigenvalue weighted by Gasteiger charge is 2.48. The number of allylic oxidation sites excluding steroid dienone is 4. The molecule has 0 unspecified atom stereocenters. The summed E-state index contributed by atoms with van der Waals surface area (Å²) in [5.41, 5.74) is 2.95. The Hall–Kier alpha value is -1.31. The van der Waals surface area contributed by atoms with E-state index >= 15 is 0 Å². The van der Waals surface area contributed by atoms with E-state index in [2.05, 4.69) is 46.1 Å². The average Bonchev–Trinajstić information content (AvgIpc) is 2.45. The molecule has 0 aromatic carbocycles. The molecule has 1 N–H and O–H groups in total. The van der Waals surface area contributed by atoms with Gasteiger partial charge in [-0.05, 0) is 61.7 Å². The zero-order valence-electron chi connectivity index (χ0n) is 14.3. The van der Waals surface area contributed by atoms with Crippen LogP contribution in [0.4, 0.5) is 0 Å². The van der Waals surface area contributed by atoms with Gasteiger partial charge in [-0.15, -0.1) is 6.58 Å². The minimum atomic E-state index is -0.690. The van der Waals surface area contributed by atoms with Crippen LogP contribution in [0.15, 0.2) is 36.5 Å². The van der Waals surface area contributed by atoms with Gasteiger partial charge in [0.15, 0.2) is 0 Å². The number of hydrogen-bond donors (Lipinski definition) is 1. The largest absolute Gasteiger partial charge is 0.481 e. The van der Waals surface area contributed by atoms with Gasteiger partial charge in [-0.2, -0.15) is 0 Å². The number of carboxylic acids is 1. The Balaban J connectivity index is 2.32. The average molecular weight is 302 g/mol. The van der Waals surface area contributed by atoms with Crippen LogP contribution in [-0.2, 0) is 4.79 Å². The van der Waals surface area contributed by atoms with Crippen molar-refractivity contribution in [2.24, 2.45) is 22.7 Å². The molecule has 0 amide bonds. The van der Waals surface area contributed by atoms with Crippen molar-refractivity contribution in [3.63, 3.8) is 0 Å². The van der Waals surface area contributed by atoms with Gasteiger partial charge >= 0.3 is 5.97 Å². The number of rotatable bonds is 5. The molecule has 2 heteroatoms. The maximum absolute atomic E-state index is 11.1. The van der Waals surface area contributed by atoms with Gasteiger partial charge in [0, 0.05) is 6.42 Å². The van der Waals surface area contributed by atoms with Crippen molar-refractivity contribution in [2.75, 3.05) is 0 Å². The second-order valence-electron chi connectivity index (χ2n) is 7.94. The lowest BCUT2D eigenvalue weighted by Crippen LogP contribution is -2.43. The van der Waals surface area contributed by atoms with Gasteiger partial charge in [0.25, 0.3) is 0 Å². The van der Waals surface area contributed by atoms with Gasteiger partial charge in [-0.1, -0.05) is 43.7 Å². The fourth-order valence-corrected chi connectivity index (χ4v) is 4.75. The number of fused-ring (bicyclic) bond motifs is 1. The molecule has 4 atom stereocenters. The monoisotopic (exact) mass is 302 g/mol. The van der Waals surface area contributed by atoms with Crippen LogP contribution < -0.4 is 0 Å². The Labute approximate surface area is 135 Å². The van der Waals surface area contributed by atoms with Crippen LogP contribution in [0.1, 0.15) is 59.3 Å². The molecule has 0 heterocycles. The molecule has 0 radical (unpaired) electrons. The first kappa shape index (κ1) is 17.1. The van der Waals surface area contributed by atoms with Gasteiger partial charge in [0.1, 0.15) is 0 Å². The van der Waals surface area contributed by atoms with Crippen LogP contribution in [0, 0.1) is 22.7 Å². The second kappa shape index (κ2) is 6.06. The van der Waals surface area contributed by atoms with Gasteiger partial charge in [-0.25, -0.2) is 0 Å². The highest BCUT2D eigenvalue weighted by atomic mass is 16.4. The Morgan fingerprint density at radius 1 is 1.50 bits per heavy atom. The summed E-state index contributed by atoms with van der Waals surface area (Å²) in [6.07, 6.45) is 9.86. The maximum Gasteiger partial charge on any atom is 0.303 e. The Morgan fingerprint density at radius 3 is 2.73 bits per heavy atom. The molecule has 122 valence electrons. The minimum Gasteiger partial charge on any atom is -0.481 e. The third-order valence-electron chi connectivity index (χ3n) is 6.23. The van der Waals surface area contributed by atoms with Gasteiger partial charge < -0.3 is 5.11 Å². The summed E-state index contributed by atoms with van der Waals surface area (Å²) < 4.78 is 0. The molecule has 2 aliphatic carbocycles. The van der Waals surface area contributed by atoms with E-state index in [1.807, 2.05) is 0 Å². The summed E-state index contributed by atoms with van der Waals surface area (Å²) in [7, 11) is 0. The molecular formula is C20H30O2. The standard InChI is InChI=1S/C20H30O2/c1-6-19(4)11-9-17-15(13-19)7-8-16(14(2)3)20(17,5)12-10-18(21)22/h6-7,16-17H,1-2,8-13H2,3-5H3,(H,21,22)/t16-,17-,19-,20-/m0/s1. The first-order valence-corrected chi connectivity index (χ1v) is 8.41. The number of carbonyl (C=O) groups is 1. The normalized spacial score (nSPS) is 37.9. The molecule has 22 heavy (non-hydrogen) atoms. The Bertz CT molecular complexity index is 516. The summed E-state index contributed by atoms with van der Waals surface area (Å²) >= 11 is 0. The second-order valence-corrected chi connectivity index (χ2v) is 7.94. The summed E-state index contributed by atoms with van der Waals surface area (Å²) in [6, 6.07) is 0. The third kappa shape index (κ3) is 3.06. The molecular weight excluding hydrogens is 272 g/mol. The van der Waals surface area contributed by atoms with Crippen LogP contribution in [-0.4, -0.2) is 11.1 Å². The highest BCUT2D eigenvalue weighted by Crippen LogP contribution is 2.58. The third-order valence-corrected chi connectivity index (χ3v) is 6.23. The van der Waals surface area contributed by atoms with Crippen molar-refractivity contribution in [3.8, 4) is 0 Å². The summed E-state index contributed by atoms with van der Waals surface area (Å²) in [5, 5.41) is 9.15. The zero-order valence-corrected chi connectivity index (χ0v) is 14.3. The Kier molecular flexibility index (Phi) is 4.70. The quantitative estimate of drug-likeness (QED) is 0.693. The fourth-order valence-electron chi connectivity index (χ4n) is 4.75. The van der Waals surface area contributed by atoms with E-state index in [-0.39, 0.29) is 17.3 Å². The van der Waals surface area contributed by atoms with Crippen molar-refractivity contribution < 1.29 is 9.90 Å².